The molecule has 1 aliphatic carbocycles. The van der Waals surface area contributed by atoms with Crippen molar-refractivity contribution in [3.8, 4) is 0 Å². The van der Waals surface area contributed by atoms with E-state index < -0.39 is 11.9 Å². The quantitative estimate of drug-likeness (QED) is 0.816. The lowest BCUT2D eigenvalue weighted by Crippen LogP contribution is -2.19. The van der Waals surface area contributed by atoms with Crippen molar-refractivity contribution in [3.63, 3.8) is 0 Å². The van der Waals surface area contributed by atoms with E-state index in [0.717, 1.165) is 22.9 Å². The molecule has 1 fully saturated rings. The van der Waals surface area contributed by atoms with Gasteiger partial charge in [-0.25, -0.2) is 0 Å². The second-order valence-corrected chi connectivity index (χ2v) is 6.32. The molecule has 3 nitrogen and oxygen atoms in total. The summed E-state index contributed by atoms with van der Waals surface area (Å²) in [6.45, 7) is 0. The first-order valence-corrected chi connectivity index (χ1v) is 7.65. The van der Waals surface area contributed by atoms with E-state index in [1.165, 1.54) is 19.3 Å². The Labute approximate surface area is 122 Å². The number of carboxylic acids is 1. The lowest BCUT2D eigenvalue weighted by Gasteiger charge is -2.25. The van der Waals surface area contributed by atoms with E-state index in [1.54, 1.807) is 6.07 Å². The first kappa shape index (κ1) is 14.4. The first-order chi connectivity index (χ1) is 9.08. The zero-order valence-corrected chi connectivity index (χ0v) is 12.5. The van der Waals surface area contributed by atoms with Gasteiger partial charge in [-0.1, -0.05) is 48.0 Å². The molecular formula is C15H20BrNO2. The summed E-state index contributed by atoms with van der Waals surface area (Å²) in [6, 6.07) is 5.46. The molecular weight excluding hydrogens is 306 g/mol. The minimum atomic E-state index is -0.768. The summed E-state index contributed by atoms with van der Waals surface area (Å²) in [5.41, 5.74) is 7.27. The lowest BCUT2D eigenvalue weighted by molar-refractivity contribution is -0.139. The van der Waals surface area contributed by atoms with Gasteiger partial charge in [-0.05, 0) is 36.1 Å². The van der Waals surface area contributed by atoms with Crippen LogP contribution < -0.4 is 5.73 Å². The van der Waals surface area contributed by atoms with Crippen LogP contribution in [0.4, 0.5) is 5.69 Å². The van der Waals surface area contributed by atoms with Crippen LogP contribution >= 0.6 is 15.9 Å². The number of anilines is 1. The molecule has 1 atom stereocenters. The fourth-order valence-electron chi connectivity index (χ4n) is 2.96. The van der Waals surface area contributed by atoms with Crippen molar-refractivity contribution < 1.29 is 9.90 Å². The Morgan fingerprint density at radius 2 is 2.05 bits per heavy atom. The molecule has 1 unspecified atom stereocenters. The molecule has 1 saturated carbocycles. The summed E-state index contributed by atoms with van der Waals surface area (Å²) in [5, 5.41) is 9.50. The normalized spacial score (nSPS) is 18.2. The molecule has 19 heavy (non-hydrogen) atoms. The molecule has 0 heterocycles. The van der Waals surface area contributed by atoms with Gasteiger partial charge in [-0.15, -0.1) is 0 Å². The predicted octanol–water partition coefficient (Wildman–Crippen LogP) is 4.17. The van der Waals surface area contributed by atoms with Crippen LogP contribution in [-0.4, -0.2) is 11.1 Å². The average molecular weight is 326 g/mol. The third kappa shape index (κ3) is 3.72. The van der Waals surface area contributed by atoms with Gasteiger partial charge in [0.1, 0.15) is 0 Å². The first-order valence-electron chi connectivity index (χ1n) is 6.85. The number of hydrogen-bond acceptors (Lipinski definition) is 2. The Balaban J connectivity index is 2.19. The van der Waals surface area contributed by atoms with E-state index in [2.05, 4.69) is 15.9 Å². The van der Waals surface area contributed by atoms with E-state index in [4.69, 9.17) is 5.73 Å². The van der Waals surface area contributed by atoms with E-state index >= 15 is 0 Å². The fourth-order valence-corrected chi connectivity index (χ4v) is 3.34. The molecule has 4 heteroatoms. The minimum absolute atomic E-state index is 0.486. The topological polar surface area (TPSA) is 63.3 Å². The average Bonchev–Trinajstić information content (AvgIpc) is 2.40. The zero-order chi connectivity index (χ0) is 13.8. The monoisotopic (exact) mass is 325 g/mol. The third-order valence-corrected chi connectivity index (χ3v) is 4.51. The molecule has 0 spiro atoms. The maximum Gasteiger partial charge on any atom is 0.311 e. The summed E-state index contributed by atoms with van der Waals surface area (Å²) < 4.78 is 0.881. The number of nitrogens with two attached hydrogens (primary N) is 1. The number of nitrogen functional groups attached to an aromatic ring is 1. The fraction of sp³-hybridized carbons (Fsp3) is 0.533. The van der Waals surface area contributed by atoms with Gasteiger partial charge in [0.05, 0.1) is 5.92 Å². The van der Waals surface area contributed by atoms with Crippen LogP contribution in [0.25, 0.3) is 0 Å². The molecule has 3 N–H and O–H groups in total. The van der Waals surface area contributed by atoms with Gasteiger partial charge in [-0.2, -0.15) is 0 Å². The van der Waals surface area contributed by atoms with Gasteiger partial charge in [0.15, 0.2) is 0 Å². The molecule has 1 aromatic rings. The Hall–Kier alpha value is -1.03. The third-order valence-electron chi connectivity index (χ3n) is 4.02. The standard InChI is InChI=1S/C15H20BrNO2/c16-11-6-7-14(17)12(9-11)13(15(18)19)8-10-4-2-1-3-5-10/h6-7,9-10,13H,1-5,8,17H2,(H,18,19). The highest BCUT2D eigenvalue weighted by Crippen LogP contribution is 2.36. The van der Waals surface area contributed by atoms with E-state index in [0.29, 0.717) is 18.0 Å². The highest BCUT2D eigenvalue weighted by atomic mass is 79.9. The predicted molar refractivity (Wildman–Crippen MR) is 80.1 cm³/mol. The number of rotatable bonds is 4. The highest BCUT2D eigenvalue weighted by Gasteiger charge is 2.27. The highest BCUT2D eigenvalue weighted by molar-refractivity contribution is 9.10. The lowest BCUT2D eigenvalue weighted by atomic mass is 9.80. The second kappa shape index (κ2) is 6.42. The molecule has 0 aromatic heterocycles. The molecule has 1 aliphatic rings. The Bertz CT molecular complexity index is 455. The molecule has 0 amide bonds. The van der Waals surface area contributed by atoms with Crippen molar-refractivity contribution in [2.45, 2.75) is 44.4 Å². The summed E-state index contributed by atoms with van der Waals surface area (Å²) >= 11 is 3.39. The molecule has 2 rings (SSSR count). The van der Waals surface area contributed by atoms with E-state index in [1.807, 2.05) is 12.1 Å². The van der Waals surface area contributed by atoms with Crippen molar-refractivity contribution in [2.24, 2.45) is 5.92 Å². The van der Waals surface area contributed by atoms with Crippen molar-refractivity contribution >= 4 is 27.6 Å². The number of halogens is 1. The van der Waals surface area contributed by atoms with Crippen LogP contribution in [0.15, 0.2) is 22.7 Å². The van der Waals surface area contributed by atoms with Gasteiger partial charge < -0.3 is 10.8 Å². The summed E-state index contributed by atoms with van der Waals surface area (Å²) in [7, 11) is 0. The van der Waals surface area contributed by atoms with E-state index in [9.17, 15) is 9.90 Å². The van der Waals surface area contributed by atoms with Gasteiger partial charge >= 0.3 is 5.97 Å². The van der Waals surface area contributed by atoms with Crippen LogP contribution in [0.3, 0.4) is 0 Å². The van der Waals surface area contributed by atoms with Crippen LogP contribution in [0.2, 0.25) is 0 Å². The Morgan fingerprint density at radius 3 is 2.68 bits per heavy atom. The Morgan fingerprint density at radius 1 is 1.37 bits per heavy atom. The van der Waals surface area contributed by atoms with Crippen LogP contribution in [0.5, 0.6) is 0 Å². The minimum Gasteiger partial charge on any atom is -0.481 e. The van der Waals surface area contributed by atoms with E-state index in [-0.39, 0.29) is 0 Å². The van der Waals surface area contributed by atoms with Crippen molar-refractivity contribution in [1.29, 1.82) is 0 Å². The molecule has 0 saturated heterocycles. The van der Waals surface area contributed by atoms with Gasteiger partial charge in [0.2, 0.25) is 0 Å². The van der Waals surface area contributed by atoms with Crippen molar-refractivity contribution in [2.75, 3.05) is 5.73 Å². The number of benzene rings is 1. The molecule has 0 aliphatic heterocycles. The molecule has 0 bridgehead atoms. The molecule has 104 valence electrons. The van der Waals surface area contributed by atoms with Crippen molar-refractivity contribution in [3.05, 3.63) is 28.2 Å². The van der Waals surface area contributed by atoms with Gasteiger partial charge in [0.25, 0.3) is 0 Å². The summed E-state index contributed by atoms with van der Waals surface area (Å²) in [4.78, 5) is 11.6. The smallest absolute Gasteiger partial charge is 0.311 e. The maximum atomic E-state index is 11.6. The maximum absolute atomic E-state index is 11.6. The summed E-state index contributed by atoms with van der Waals surface area (Å²) in [6.07, 6.45) is 6.74. The second-order valence-electron chi connectivity index (χ2n) is 5.40. The van der Waals surface area contributed by atoms with Crippen LogP contribution in [-0.2, 0) is 4.79 Å². The summed E-state index contributed by atoms with van der Waals surface area (Å²) in [5.74, 6) is -0.732. The largest absolute Gasteiger partial charge is 0.481 e. The van der Waals surface area contributed by atoms with Crippen LogP contribution in [0, 0.1) is 5.92 Å². The molecule has 0 radical (unpaired) electrons. The van der Waals surface area contributed by atoms with Crippen molar-refractivity contribution in [1.82, 2.24) is 0 Å². The van der Waals surface area contributed by atoms with Gasteiger partial charge in [0, 0.05) is 10.2 Å². The number of hydrogen-bond donors (Lipinski definition) is 2. The zero-order valence-electron chi connectivity index (χ0n) is 10.9. The van der Waals surface area contributed by atoms with Crippen LogP contribution in [0.1, 0.15) is 50.0 Å². The molecule has 1 aromatic carbocycles. The Kier molecular flexibility index (Phi) is 4.86. The number of aliphatic carboxylic acids is 1. The van der Waals surface area contributed by atoms with Gasteiger partial charge in [-0.3, -0.25) is 4.79 Å². The SMILES string of the molecule is Nc1ccc(Br)cc1C(CC1CCCCC1)C(=O)O. The number of carbonyl (C=O) groups is 1. The number of carboxylic acid groups (broad SMARTS) is 1.